The van der Waals surface area contributed by atoms with Gasteiger partial charge in [0.05, 0.1) is 11.3 Å². The first kappa shape index (κ1) is 18.9. The fourth-order valence-electron chi connectivity index (χ4n) is 5.37. The van der Waals surface area contributed by atoms with Gasteiger partial charge in [0.2, 0.25) is 0 Å². The maximum atomic E-state index is 13.6. The number of fused-ring (bicyclic) bond motifs is 3. The number of rotatable bonds is 3. The van der Waals surface area contributed by atoms with Gasteiger partial charge >= 0.3 is 0 Å². The third-order valence-corrected chi connectivity index (χ3v) is 7.36. The van der Waals surface area contributed by atoms with E-state index in [1.54, 1.807) is 0 Å². The summed E-state index contributed by atoms with van der Waals surface area (Å²) in [6, 6.07) is 17.9. The van der Waals surface area contributed by atoms with E-state index >= 15 is 0 Å². The van der Waals surface area contributed by atoms with Crippen LogP contribution >= 0.6 is 15.9 Å². The largest absolute Gasteiger partial charge is 0.349 e. The third-order valence-electron chi connectivity index (χ3n) is 6.87. The van der Waals surface area contributed by atoms with Crippen molar-refractivity contribution in [3.05, 3.63) is 58.6 Å². The van der Waals surface area contributed by atoms with E-state index in [-0.39, 0.29) is 11.9 Å². The Labute approximate surface area is 180 Å². The number of hydrogen-bond donors (Lipinski definition) is 1. The Morgan fingerprint density at radius 3 is 2.41 bits per heavy atom. The first-order chi connectivity index (χ1) is 14.0. The highest BCUT2D eigenvalue weighted by molar-refractivity contribution is 9.10. The molecule has 2 aliphatic rings. The van der Waals surface area contributed by atoms with Gasteiger partial charge in [0.1, 0.15) is 0 Å². The Kier molecular flexibility index (Phi) is 4.75. The standard InChI is InChI=1S/C24H26BrN3O/c1-27-18-9-10-19(27)14-17(13-18)26-24(29)22-20-12-16(25)8-11-21(20)28(2)23(22)15-6-4-3-5-7-15/h3-8,11-12,17-19H,9-10,13-14H2,1-2H3,(H,26,29). The number of carbonyl (C=O) groups is 1. The first-order valence-electron chi connectivity index (χ1n) is 10.4. The molecule has 2 bridgehead atoms. The van der Waals surface area contributed by atoms with Crippen molar-refractivity contribution < 1.29 is 4.79 Å². The molecule has 2 fully saturated rings. The molecule has 1 amide bonds. The lowest BCUT2D eigenvalue weighted by atomic mass is 9.97. The molecule has 2 saturated heterocycles. The second-order valence-corrected chi connectivity index (χ2v) is 9.42. The summed E-state index contributed by atoms with van der Waals surface area (Å²) in [4.78, 5) is 16.1. The van der Waals surface area contributed by atoms with Crippen molar-refractivity contribution in [3.8, 4) is 11.3 Å². The van der Waals surface area contributed by atoms with Crippen LogP contribution in [0, 0.1) is 0 Å². The van der Waals surface area contributed by atoms with Crippen LogP contribution in [-0.2, 0) is 7.05 Å². The molecule has 1 N–H and O–H groups in total. The number of carbonyl (C=O) groups excluding carboxylic acids is 1. The zero-order chi connectivity index (χ0) is 20.1. The van der Waals surface area contributed by atoms with Gasteiger partial charge in [0.25, 0.3) is 5.91 Å². The SMILES string of the molecule is CN1C2CCC1CC(NC(=O)c1c(-c3ccccc3)n(C)c3ccc(Br)cc13)C2. The molecular weight excluding hydrogens is 426 g/mol. The fourth-order valence-corrected chi connectivity index (χ4v) is 5.73. The molecule has 4 nitrogen and oxygen atoms in total. The van der Waals surface area contributed by atoms with Gasteiger partial charge < -0.3 is 14.8 Å². The minimum Gasteiger partial charge on any atom is -0.349 e. The Balaban J connectivity index is 1.56. The molecule has 0 spiro atoms. The lowest BCUT2D eigenvalue weighted by molar-refractivity contribution is 0.0884. The second-order valence-electron chi connectivity index (χ2n) is 8.50. The van der Waals surface area contributed by atoms with Gasteiger partial charge in [-0.3, -0.25) is 4.79 Å². The Hall–Kier alpha value is -2.11. The van der Waals surface area contributed by atoms with E-state index in [4.69, 9.17) is 0 Å². The Bertz CT molecular complexity index is 1060. The van der Waals surface area contributed by atoms with Gasteiger partial charge in [-0.2, -0.15) is 0 Å². The number of amides is 1. The summed E-state index contributed by atoms with van der Waals surface area (Å²) in [5.74, 6) is 0.0431. The van der Waals surface area contributed by atoms with Crippen molar-refractivity contribution in [1.82, 2.24) is 14.8 Å². The number of aromatic nitrogens is 1. The topological polar surface area (TPSA) is 37.3 Å². The monoisotopic (exact) mass is 451 g/mol. The van der Waals surface area contributed by atoms with Crippen LogP contribution < -0.4 is 5.32 Å². The summed E-state index contributed by atoms with van der Waals surface area (Å²) in [6.07, 6.45) is 4.61. The van der Waals surface area contributed by atoms with Crippen molar-refractivity contribution >= 4 is 32.7 Å². The fraction of sp³-hybridized carbons (Fsp3) is 0.375. The summed E-state index contributed by atoms with van der Waals surface area (Å²) in [5, 5.41) is 4.39. The average molecular weight is 452 g/mol. The second kappa shape index (κ2) is 7.29. The molecule has 3 aromatic rings. The molecule has 5 rings (SSSR count). The zero-order valence-corrected chi connectivity index (χ0v) is 18.4. The average Bonchev–Trinajstić information content (AvgIpc) is 3.09. The zero-order valence-electron chi connectivity index (χ0n) is 16.9. The predicted molar refractivity (Wildman–Crippen MR) is 121 cm³/mol. The van der Waals surface area contributed by atoms with E-state index in [0.29, 0.717) is 12.1 Å². The molecule has 150 valence electrons. The Morgan fingerprint density at radius 2 is 1.72 bits per heavy atom. The highest BCUT2D eigenvalue weighted by Crippen LogP contribution is 2.37. The number of piperidine rings is 1. The lowest BCUT2D eigenvalue weighted by Gasteiger charge is -2.36. The van der Waals surface area contributed by atoms with Gasteiger partial charge in [-0.25, -0.2) is 0 Å². The molecule has 0 radical (unpaired) electrons. The summed E-state index contributed by atoms with van der Waals surface area (Å²) >= 11 is 3.59. The molecule has 2 unspecified atom stereocenters. The smallest absolute Gasteiger partial charge is 0.254 e. The van der Waals surface area contributed by atoms with Gasteiger partial charge in [-0.1, -0.05) is 46.3 Å². The molecule has 5 heteroatoms. The maximum Gasteiger partial charge on any atom is 0.254 e. The van der Waals surface area contributed by atoms with Gasteiger partial charge in [0, 0.05) is 40.5 Å². The van der Waals surface area contributed by atoms with Crippen molar-refractivity contribution in [2.45, 2.75) is 43.8 Å². The molecule has 2 aromatic carbocycles. The number of hydrogen-bond acceptors (Lipinski definition) is 2. The first-order valence-corrected chi connectivity index (χ1v) is 11.2. The molecule has 2 atom stereocenters. The van der Waals surface area contributed by atoms with E-state index in [0.717, 1.165) is 45.0 Å². The van der Waals surface area contributed by atoms with Crippen molar-refractivity contribution in [2.75, 3.05) is 7.05 Å². The summed E-state index contributed by atoms with van der Waals surface area (Å²) in [7, 11) is 4.28. The highest BCUT2D eigenvalue weighted by atomic mass is 79.9. The molecular formula is C24H26BrN3O. The minimum atomic E-state index is 0.0431. The molecule has 29 heavy (non-hydrogen) atoms. The molecule has 1 aromatic heterocycles. The van der Waals surface area contributed by atoms with Gasteiger partial charge in [-0.15, -0.1) is 0 Å². The van der Waals surface area contributed by atoms with Gasteiger partial charge in [-0.05, 0) is 56.5 Å². The highest BCUT2D eigenvalue weighted by Gasteiger charge is 2.39. The summed E-state index contributed by atoms with van der Waals surface area (Å²) in [6.45, 7) is 0. The number of benzene rings is 2. The lowest BCUT2D eigenvalue weighted by Crippen LogP contribution is -2.48. The van der Waals surface area contributed by atoms with Crippen LogP contribution in [0.5, 0.6) is 0 Å². The van der Waals surface area contributed by atoms with Crippen LogP contribution in [0.3, 0.4) is 0 Å². The number of aryl methyl sites for hydroxylation is 1. The third kappa shape index (κ3) is 3.21. The maximum absolute atomic E-state index is 13.6. The van der Waals surface area contributed by atoms with Crippen LogP contribution in [-0.4, -0.2) is 40.5 Å². The van der Waals surface area contributed by atoms with Crippen LogP contribution in [0.25, 0.3) is 22.2 Å². The molecule has 0 aliphatic carbocycles. The minimum absolute atomic E-state index is 0.0431. The molecule has 0 saturated carbocycles. The van der Waals surface area contributed by atoms with Crippen LogP contribution in [0.1, 0.15) is 36.0 Å². The van der Waals surface area contributed by atoms with Crippen molar-refractivity contribution in [2.24, 2.45) is 7.05 Å². The number of nitrogens with zero attached hydrogens (tertiary/aromatic N) is 2. The van der Waals surface area contributed by atoms with Gasteiger partial charge in [0.15, 0.2) is 0 Å². The quantitative estimate of drug-likeness (QED) is 0.610. The summed E-state index contributed by atoms with van der Waals surface area (Å²) < 4.78 is 3.13. The van der Waals surface area contributed by atoms with Crippen molar-refractivity contribution in [3.63, 3.8) is 0 Å². The predicted octanol–water partition coefficient (Wildman–Crippen LogP) is 4.96. The molecule has 3 heterocycles. The summed E-state index contributed by atoms with van der Waals surface area (Å²) in [5.41, 5.74) is 3.89. The van der Waals surface area contributed by atoms with E-state index < -0.39 is 0 Å². The van der Waals surface area contributed by atoms with Crippen LogP contribution in [0.4, 0.5) is 0 Å². The van der Waals surface area contributed by atoms with E-state index in [9.17, 15) is 4.79 Å². The van der Waals surface area contributed by atoms with E-state index in [1.165, 1.54) is 12.8 Å². The van der Waals surface area contributed by atoms with Crippen molar-refractivity contribution in [1.29, 1.82) is 0 Å². The normalized spacial score (nSPS) is 24.2. The number of halogens is 1. The van der Waals surface area contributed by atoms with Crippen LogP contribution in [0.2, 0.25) is 0 Å². The number of nitrogens with one attached hydrogen (secondary N) is 1. The molecule has 2 aliphatic heterocycles. The Morgan fingerprint density at radius 1 is 1.03 bits per heavy atom. The van der Waals surface area contributed by atoms with E-state index in [2.05, 4.69) is 62.0 Å². The van der Waals surface area contributed by atoms with Crippen LogP contribution in [0.15, 0.2) is 53.0 Å². The van der Waals surface area contributed by atoms with E-state index in [1.807, 2.05) is 31.3 Å².